The first-order chi connectivity index (χ1) is 7.90. The van der Waals surface area contributed by atoms with E-state index in [1.807, 2.05) is 0 Å². The average molecular weight is 243 g/mol. The first-order valence-electron chi connectivity index (χ1n) is 4.47. The van der Waals surface area contributed by atoms with Crippen molar-refractivity contribution in [2.45, 2.75) is 6.92 Å². The van der Waals surface area contributed by atoms with Crippen LogP contribution in [0.4, 0.5) is 17.1 Å². The Hall–Kier alpha value is -2.58. The molecule has 1 rings (SSSR count). The molecule has 1 aromatic carbocycles. The van der Waals surface area contributed by atoms with Crippen LogP contribution < -0.4 is 10.5 Å². The largest absolute Gasteiger partial charge is 0.499 e. The highest BCUT2D eigenvalue weighted by Crippen LogP contribution is 2.45. The molecule has 0 aliphatic heterocycles. The zero-order chi connectivity index (χ0) is 13.2. The molecular formula is C8H9N3O6. The van der Waals surface area contributed by atoms with Crippen molar-refractivity contribution in [1.29, 1.82) is 0 Å². The molecule has 0 atom stereocenters. The maximum atomic E-state index is 10.7. The monoisotopic (exact) mass is 243 g/mol. The maximum absolute atomic E-state index is 10.7. The Bertz CT molecular complexity index is 487. The summed E-state index contributed by atoms with van der Waals surface area (Å²) in [5.41, 5.74) is 2.93. The summed E-state index contributed by atoms with van der Waals surface area (Å²) in [7, 11) is 0. The lowest BCUT2D eigenvalue weighted by Gasteiger charge is -2.07. The van der Waals surface area contributed by atoms with Crippen LogP contribution in [-0.4, -0.2) is 21.6 Å². The number of aromatic hydroxyl groups is 1. The number of hydrogen-bond acceptors (Lipinski definition) is 7. The molecule has 0 aliphatic carbocycles. The van der Waals surface area contributed by atoms with Gasteiger partial charge in [0, 0.05) is 0 Å². The van der Waals surface area contributed by atoms with Crippen molar-refractivity contribution in [3.05, 3.63) is 26.3 Å². The van der Waals surface area contributed by atoms with Gasteiger partial charge in [0.05, 0.1) is 22.5 Å². The Labute approximate surface area is 94.7 Å². The van der Waals surface area contributed by atoms with Crippen LogP contribution >= 0.6 is 0 Å². The third-order valence-electron chi connectivity index (χ3n) is 1.94. The number of nitrogens with two attached hydrogens (primary N) is 1. The van der Waals surface area contributed by atoms with Gasteiger partial charge in [0.1, 0.15) is 0 Å². The second kappa shape index (κ2) is 4.51. The number of rotatable bonds is 4. The highest BCUT2D eigenvalue weighted by Gasteiger charge is 2.31. The van der Waals surface area contributed by atoms with E-state index in [9.17, 15) is 25.3 Å². The molecule has 0 spiro atoms. The van der Waals surface area contributed by atoms with E-state index in [0.29, 0.717) is 0 Å². The maximum Gasteiger partial charge on any atom is 0.344 e. The Balaban J connectivity index is 3.57. The summed E-state index contributed by atoms with van der Waals surface area (Å²) in [5, 5.41) is 30.8. The van der Waals surface area contributed by atoms with Crippen molar-refractivity contribution < 1.29 is 19.7 Å². The van der Waals surface area contributed by atoms with Gasteiger partial charge in [-0.3, -0.25) is 20.2 Å². The molecule has 0 fully saturated rings. The molecule has 0 bridgehead atoms. The fraction of sp³-hybridized carbons (Fsp3) is 0.250. The standard InChI is InChI=1S/C8H9N3O6/c1-2-17-5-3-4(10(13)14)6(9)7(8(5)12)11(15)16/h3,12H,2,9H2,1H3. The second-order valence-corrected chi connectivity index (χ2v) is 2.95. The number of nitrogen functional groups attached to an aromatic ring is 1. The lowest BCUT2D eigenvalue weighted by atomic mass is 10.2. The van der Waals surface area contributed by atoms with Gasteiger partial charge in [0.25, 0.3) is 0 Å². The predicted octanol–water partition coefficient (Wildman–Crippen LogP) is 1.19. The van der Waals surface area contributed by atoms with Gasteiger partial charge in [-0.15, -0.1) is 0 Å². The summed E-state index contributed by atoms with van der Waals surface area (Å²) >= 11 is 0. The number of ether oxygens (including phenoxy) is 1. The molecule has 0 amide bonds. The van der Waals surface area contributed by atoms with Crippen LogP contribution in [0.25, 0.3) is 0 Å². The van der Waals surface area contributed by atoms with Crippen molar-refractivity contribution in [2.24, 2.45) is 0 Å². The Morgan fingerprint density at radius 1 is 1.41 bits per heavy atom. The fourth-order valence-corrected chi connectivity index (χ4v) is 1.24. The molecule has 0 aromatic heterocycles. The highest BCUT2D eigenvalue weighted by molar-refractivity contribution is 5.79. The van der Waals surface area contributed by atoms with Crippen molar-refractivity contribution in [3.8, 4) is 11.5 Å². The summed E-state index contributed by atoms with van der Waals surface area (Å²) in [6.07, 6.45) is 0. The van der Waals surface area contributed by atoms with Crippen LogP contribution in [-0.2, 0) is 0 Å². The van der Waals surface area contributed by atoms with Crippen molar-refractivity contribution >= 4 is 17.1 Å². The third-order valence-corrected chi connectivity index (χ3v) is 1.94. The van der Waals surface area contributed by atoms with Gasteiger partial charge < -0.3 is 15.6 Å². The fourth-order valence-electron chi connectivity index (χ4n) is 1.24. The molecule has 0 aliphatic rings. The smallest absolute Gasteiger partial charge is 0.344 e. The third kappa shape index (κ3) is 2.17. The van der Waals surface area contributed by atoms with E-state index in [2.05, 4.69) is 0 Å². The molecule has 0 radical (unpaired) electrons. The summed E-state index contributed by atoms with van der Waals surface area (Å²) in [6.45, 7) is 1.65. The lowest BCUT2D eigenvalue weighted by Crippen LogP contribution is -2.03. The van der Waals surface area contributed by atoms with Gasteiger partial charge in [-0.25, -0.2) is 0 Å². The number of phenols is 1. The van der Waals surface area contributed by atoms with Gasteiger partial charge in [-0.2, -0.15) is 0 Å². The van der Waals surface area contributed by atoms with Gasteiger partial charge in [0.15, 0.2) is 11.4 Å². The molecule has 9 nitrogen and oxygen atoms in total. The molecule has 0 saturated heterocycles. The Morgan fingerprint density at radius 3 is 2.41 bits per heavy atom. The first-order valence-corrected chi connectivity index (χ1v) is 4.47. The van der Waals surface area contributed by atoms with E-state index < -0.39 is 32.7 Å². The lowest BCUT2D eigenvalue weighted by molar-refractivity contribution is -0.393. The summed E-state index contributed by atoms with van der Waals surface area (Å²) in [5.74, 6) is -1.17. The number of nitro groups is 2. The van der Waals surface area contributed by atoms with Crippen LogP contribution in [0, 0.1) is 20.2 Å². The Morgan fingerprint density at radius 2 is 2.00 bits per heavy atom. The van der Waals surface area contributed by atoms with E-state index in [1.165, 1.54) is 0 Å². The van der Waals surface area contributed by atoms with Crippen LogP contribution in [0.15, 0.2) is 6.07 Å². The summed E-state index contributed by atoms with van der Waals surface area (Å²) in [6, 6.07) is 0.848. The Kier molecular flexibility index (Phi) is 3.31. The van der Waals surface area contributed by atoms with Crippen LogP contribution in [0.5, 0.6) is 11.5 Å². The zero-order valence-corrected chi connectivity index (χ0v) is 8.74. The molecule has 0 unspecified atom stereocenters. The molecule has 3 N–H and O–H groups in total. The van der Waals surface area contributed by atoms with E-state index in [0.717, 1.165) is 6.07 Å². The zero-order valence-electron chi connectivity index (χ0n) is 8.74. The van der Waals surface area contributed by atoms with Gasteiger partial charge >= 0.3 is 11.4 Å². The van der Waals surface area contributed by atoms with Crippen LogP contribution in [0.2, 0.25) is 0 Å². The quantitative estimate of drug-likeness (QED) is 0.459. The number of phenolic OH excluding ortho intramolecular Hbond substituents is 1. The van der Waals surface area contributed by atoms with Crippen molar-refractivity contribution in [2.75, 3.05) is 12.3 Å². The second-order valence-electron chi connectivity index (χ2n) is 2.95. The number of nitro benzene ring substituents is 2. The van der Waals surface area contributed by atoms with Crippen LogP contribution in [0.1, 0.15) is 6.92 Å². The van der Waals surface area contributed by atoms with Gasteiger partial charge in [-0.05, 0) is 6.92 Å². The summed E-state index contributed by atoms with van der Waals surface area (Å²) in [4.78, 5) is 19.4. The number of anilines is 1. The average Bonchev–Trinajstić information content (AvgIpc) is 2.21. The van der Waals surface area contributed by atoms with Crippen molar-refractivity contribution in [1.82, 2.24) is 0 Å². The molecule has 0 saturated carbocycles. The topological polar surface area (TPSA) is 142 Å². The minimum absolute atomic E-state index is 0.0891. The number of benzene rings is 1. The SMILES string of the molecule is CCOc1cc([N+](=O)[O-])c(N)c([N+](=O)[O-])c1O. The molecular weight excluding hydrogens is 234 g/mol. The molecule has 92 valence electrons. The number of hydrogen-bond donors (Lipinski definition) is 2. The predicted molar refractivity (Wildman–Crippen MR) is 57.0 cm³/mol. The van der Waals surface area contributed by atoms with E-state index in [-0.39, 0.29) is 12.4 Å². The highest BCUT2D eigenvalue weighted by atomic mass is 16.6. The normalized spacial score (nSPS) is 9.94. The van der Waals surface area contributed by atoms with Crippen molar-refractivity contribution in [3.63, 3.8) is 0 Å². The van der Waals surface area contributed by atoms with Gasteiger partial charge in [-0.1, -0.05) is 0 Å². The van der Waals surface area contributed by atoms with E-state index >= 15 is 0 Å². The first kappa shape index (κ1) is 12.5. The van der Waals surface area contributed by atoms with E-state index in [1.54, 1.807) is 6.92 Å². The minimum atomic E-state index is -1.000. The number of nitrogens with zero attached hydrogens (tertiary/aromatic N) is 2. The molecule has 1 aromatic rings. The molecule has 17 heavy (non-hydrogen) atoms. The van der Waals surface area contributed by atoms with E-state index in [4.69, 9.17) is 10.5 Å². The molecule has 0 heterocycles. The van der Waals surface area contributed by atoms with Gasteiger partial charge in [0.2, 0.25) is 5.75 Å². The molecule has 9 heteroatoms. The summed E-state index contributed by atoms with van der Waals surface area (Å²) < 4.78 is 4.86. The van der Waals surface area contributed by atoms with Crippen LogP contribution in [0.3, 0.4) is 0 Å². The minimum Gasteiger partial charge on any atom is -0.499 e.